The van der Waals surface area contributed by atoms with E-state index in [1.54, 1.807) is 11.3 Å². The number of nitrogens with two attached hydrogens (primary N) is 1. The average molecular weight is 253 g/mol. The maximum absolute atomic E-state index is 5.75. The van der Waals surface area contributed by atoms with Crippen molar-refractivity contribution in [2.24, 2.45) is 5.73 Å². The third-order valence-corrected chi connectivity index (χ3v) is 4.46. The molecule has 1 heterocycles. The topological polar surface area (TPSA) is 42.1 Å². The Labute approximate surface area is 108 Å². The van der Waals surface area contributed by atoms with Crippen molar-refractivity contribution >= 4 is 16.5 Å². The minimum absolute atomic E-state index is 0.670. The Bertz CT molecular complexity index is 331. The fraction of sp³-hybridized carbons (Fsp3) is 0.769. The maximum Gasteiger partial charge on any atom is 0.185 e. The van der Waals surface area contributed by atoms with Gasteiger partial charge in [0.25, 0.3) is 0 Å². The lowest BCUT2D eigenvalue weighted by molar-refractivity contribution is 0.415. The number of rotatable bonds is 5. The summed E-state index contributed by atoms with van der Waals surface area (Å²) in [6.45, 7) is 3.82. The molecule has 0 atom stereocenters. The summed E-state index contributed by atoms with van der Waals surface area (Å²) in [4.78, 5) is 7.16. The van der Waals surface area contributed by atoms with Crippen molar-refractivity contribution < 1.29 is 0 Å². The molecule has 1 fully saturated rings. The van der Waals surface area contributed by atoms with Crippen LogP contribution in [0.2, 0.25) is 0 Å². The average Bonchev–Trinajstić information content (AvgIpc) is 2.85. The molecule has 0 unspecified atom stereocenters. The lowest BCUT2D eigenvalue weighted by atomic mass is 9.94. The van der Waals surface area contributed by atoms with Crippen molar-refractivity contribution in [3.05, 3.63) is 11.1 Å². The van der Waals surface area contributed by atoms with E-state index < -0.39 is 0 Å². The van der Waals surface area contributed by atoms with Crippen molar-refractivity contribution in [2.75, 3.05) is 18.0 Å². The van der Waals surface area contributed by atoms with E-state index in [4.69, 9.17) is 10.7 Å². The van der Waals surface area contributed by atoms with Crippen LogP contribution in [0.3, 0.4) is 0 Å². The Hall–Kier alpha value is -0.610. The molecule has 0 amide bonds. The van der Waals surface area contributed by atoms with Crippen LogP contribution in [0.25, 0.3) is 0 Å². The van der Waals surface area contributed by atoms with E-state index in [9.17, 15) is 0 Å². The van der Waals surface area contributed by atoms with Crippen molar-refractivity contribution in [1.82, 2.24) is 4.98 Å². The zero-order valence-electron chi connectivity index (χ0n) is 10.7. The van der Waals surface area contributed by atoms with Crippen LogP contribution in [0.5, 0.6) is 0 Å². The quantitative estimate of drug-likeness (QED) is 0.877. The van der Waals surface area contributed by atoms with Crippen LogP contribution in [-0.4, -0.2) is 24.1 Å². The normalized spacial score (nSPS) is 17.3. The summed E-state index contributed by atoms with van der Waals surface area (Å²) in [5, 5.41) is 3.36. The molecule has 0 aromatic carbocycles. The Morgan fingerprint density at radius 1 is 1.41 bits per heavy atom. The first-order valence-electron chi connectivity index (χ1n) is 6.76. The second kappa shape index (κ2) is 6.36. The molecule has 4 heteroatoms. The van der Waals surface area contributed by atoms with Gasteiger partial charge in [0.05, 0.1) is 5.69 Å². The number of thiazole rings is 1. The van der Waals surface area contributed by atoms with Crippen LogP contribution in [-0.2, 0) is 6.42 Å². The maximum atomic E-state index is 5.75. The van der Waals surface area contributed by atoms with Gasteiger partial charge in [-0.05, 0) is 19.3 Å². The predicted octanol–water partition coefficient (Wildman–Crippen LogP) is 2.80. The van der Waals surface area contributed by atoms with Crippen LogP contribution in [0, 0.1) is 0 Å². The summed E-state index contributed by atoms with van der Waals surface area (Å²) in [5.74, 6) is 0. The number of aryl methyl sites for hydroxylation is 1. The van der Waals surface area contributed by atoms with E-state index in [2.05, 4.69) is 17.2 Å². The predicted molar refractivity (Wildman–Crippen MR) is 74.8 cm³/mol. The van der Waals surface area contributed by atoms with Gasteiger partial charge >= 0.3 is 0 Å². The Kier molecular flexibility index (Phi) is 4.80. The van der Waals surface area contributed by atoms with Crippen LogP contribution in [0.4, 0.5) is 5.13 Å². The van der Waals surface area contributed by atoms with E-state index in [1.165, 1.54) is 42.9 Å². The minimum atomic E-state index is 0.670. The molecule has 3 nitrogen and oxygen atoms in total. The van der Waals surface area contributed by atoms with Crippen molar-refractivity contribution in [3.63, 3.8) is 0 Å². The third kappa shape index (κ3) is 3.19. The Balaban J connectivity index is 2.09. The molecule has 0 radical (unpaired) electrons. The number of anilines is 1. The zero-order chi connectivity index (χ0) is 12.1. The molecule has 0 aliphatic heterocycles. The molecule has 1 aliphatic rings. The van der Waals surface area contributed by atoms with Gasteiger partial charge < -0.3 is 10.6 Å². The van der Waals surface area contributed by atoms with E-state index in [1.807, 2.05) is 0 Å². The molecular weight excluding hydrogens is 230 g/mol. The summed E-state index contributed by atoms with van der Waals surface area (Å²) in [7, 11) is 0. The van der Waals surface area contributed by atoms with Gasteiger partial charge in [0.15, 0.2) is 5.13 Å². The molecule has 2 rings (SSSR count). The third-order valence-electron chi connectivity index (χ3n) is 3.53. The largest absolute Gasteiger partial charge is 0.344 e. The van der Waals surface area contributed by atoms with Gasteiger partial charge in [-0.25, -0.2) is 4.98 Å². The molecule has 0 bridgehead atoms. The van der Waals surface area contributed by atoms with Crippen molar-refractivity contribution in [3.8, 4) is 0 Å². The first kappa shape index (κ1) is 12.8. The fourth-order valence-electron chi connectivity index (χ4n) is 2.56. The lowest BCUT2D eigenvalue weighted by Gasteiger charge is -2.33. The highest BCUT2D eigenvalue weighted by atomic mass is 32.1. The summed E-state index contributed by atoms with van der Waals surface area (Å²) in [5.41, 5.74) is 6.96. The number of aromatic nitrogens is 1. The summed E-state index contributed by atoms with van der Waals surface area (Å²) in [6, 6.07) is 0.670. The van der Waals surface area contributed by atoms with E-state index >= 15 is 0 Å². The molecular formula is C13H23N3S. The van der Waals surface area contributed by atoms with Crippen LogP contribution in [0.15, 0.2) is 5.38 Å². The van der Waals surface area contributed by atoms with Crippen molar-refractivity contribution in [1.29, 1.82) is 0 Å². The second-order valence-corrected chi connectivity index (χ2v) is 5.59. The molecule has 1 aromatic rings. The van der Waals surface area contributed by atoms with E-state index in [-0.39, 0.29) is 0 Å². The van der Waals surface area contributed by atoms with Gasteiger partial charge in [0.1, 0.15) is 0 Å². The number of hydrogen-bond donors (Lipinski definition) is 1. The van der Waals surface area contributed by atoms with Crippen LogP contribution in [0.1, 0.15) is 44.7 Å². The molecule has 2 N–H and O–H groups in total. The highest BCUT2D eigenvalue weighted by Crippen LogP contribution is 2.29. The molecule has 1 saturated carbocycles. The van der Waals surface area contributed by atoms with Gasteiger partial charge in [0.2, 0.25) is 0 Å². The molecule has 1 aliphatic carbocycles. The van der Waals surface area contributed by atoms with Gasteiger partial charge in [0, 0.05) is 24.5 Å². The standard InChI is InChI=1S/C13H23N3S/c1-2-11-10-17-13(15-11)16(9-8-14)12-6-4-3-5-7-12/h10,12H,2-9,14H2,1H3. The Morgan fingerprint density at radius 3 is 2.76 bits per heavy atom. The van der Waals surface area contributed by atoms with E-state index in [0.29, 0.717) is 6.04 Å². The first-order valence-corrected chi connectivity index (χ1v) is 7.64. The molecule has 0 spiro atoms. The molecule has 17 heavy (non-hydrogen) atoms. The molecule has 0 saturated heterocycles. The summed E-state index contributed by atoms with van der Waals surface area (Å²) < 4.78 is 0. The van der Waals surface area contributed by atoms with Crippen LogP contribution >= 0.6 is 11.3 Å². The minimum Gasteiger partial charge on any atom is -0.344 e. The van der Waals surface area contributed by atoms with E-state index in [0.717, 1.165) is 19.5 Å². The Morgan fingerprint density at radius 2 is 2.18 bits per heavy atom. The highest BCUT2D eigenvalue weighted by Gasteiger charge is 2.22. The lowest BCUT2D eigenvalue weighted by Crippen LogP contribution is -2.40. The van der Waals surface area contributed by atoms with Gasteiger partial charge in [-0.2, -0.15) is 0 Å². The van der Waals surface area contributed by atoms with Gasteiger partial charge in [-0.1, -0.05) is 26.2 Å². The van der Waals surface area contributed by atoms with Crippen molar-refractivity contribution in [2.45, 2.75) is 51.5 Å². The summed E-state index contributed by atoms with van der Waals surface area (Å²) in [6.07, 6.45) is 7.75. The van der Waals surface area contributed by atoms with Gasteiger partial charge in [-0.15, -0.1) is 11.3 Å². The van der Waals surface area contributed by atoms with Crippen LogP contribution < -0.4 is 10.6 Å². The second-order valence-electron chi connectivity index (χ2n) is 4.75. The number of nitrogens with zero attached hydrogens (tertiary/aromatic N) is 2. The zero-order valence-corrected chi connectivity index (χ0v) is 11.5. The summed E-state index contributed by atoms with van der Waals surface area (Å²) >= 11 is 1.78. The molecule has 96 valence electrons. The van der Waals surface area contributed by atoms with Gasteiger partial charge in [-0.3, -0.25) is 0 Å². The fourth-order valence-corrected chi connectivity index (χ4v) is 3.56. The molecule has 1 aromatic heterocycles. The highest BCUT2D eigenvalue weighted by molar-refractivity contribution is 7.13. The first-order chi connectivity index (χ1) is 8.35. The monoisotopic (exact) mass is 253 g/mol. The SMILES string of the molecule is CCc1csc(N(CCN)C2CCCCC2)n1. The number of hydrogen-bond acceptors (Lipinski definition) is 4. The smallest absolute Gasteiger partial charge is 0.185 e.